The number of hydrogen-bond donors (Lipinski definition) is 0. The summed E-state index contributed by atoms with van der Waals surface area (Å²) in [6, 6.07) is 14.4. The van der Waals surface area contributed by atoms with E-state index in [9.17, 15) is 5.21 Å². The van der Waals surface area contributed by atoms with E-state index < -0.39 is 0 Å². The number of benzene rings is 2. The quantitative estimate of drug-likeness (QED) is 0.520. The Labute approximate surface area is 132 Å². The van der Waals surface area contributed by atoms with Gasteiger partial charge in [0.2, 0.25) is 0 Å². The van der Waals surface area contributed by atoms with Crippen LogP contribution >= 0.6 is 23.2 Å². The molecule has 0 bridgehead atoms. The lowest BCUT2D eigenvalue weighted by atomic mass is 10.0. The third-order valence-corrected chi connectivity index (χ3v) is 3.77. The maximum absolute atomic E-state index is 12.3. The van der Waals surface area contributed by atoms with Crippen molar-refractivity contribution in [3.05, 3.63) is 76.2 Å². The summed E-state index contributed by atoms with van der Waals surface area (Å²) >= 11 is 12.4. The predicted octanol–water partition coefficient (Wildman–Crippen LogP) is 4.36. The Morgan fingerprint density at radius 1 is 0.857 bits per heavy atom. The van der Waals surface area contributed by atoms with E-state index in [-0.39, 0.29) is 0 Å². The highest BCUT2D eigenvalue weighted by Crippen LogP contribution is 2.34. The fourth-order valence-corrected chi connectivity index (χ4v) is 2.61. The SMILES string of the molecule is [O-][n+]1ccnc(-c2ccccc2Cl)c1-c1ccccc1Cl. The van der Waals surface area contributed by atoms with E-state index >= 15 is 0 Å². The first-order valence-electron chi connectivity index (χ1n) is 6.26. The van der Waals surface area contributed by atoms with Crippen LogP contribution in [0.25, 0.3) is 22.5 Å². The van der Waals surface area contributed by atoms with Crippen LogP contribution in [-0.4, -0.2) is 4.98 Å². The van der Waals surface area contributed by atoms with Crippen molar-refractivity contribution in [2.45, 2.75) is 0 Å². The van der Waals surface area contributed by atoms with Gasteiger partial charge in [0.25, 0.3) is 5.69 Å². The molecule has 0 unspecified atom stereocenters. The lowest BCUT2D eigenvalue weighted by molar-refractivity contribution is -0.593. The van der Waals surface area contributed by atoms with Crippen LogP contribution < -0.4 is 4.73 Å². The molecule has 0 aliphatic rings. The molecular weight excluding hydrogens is 307 g/mol. The van der Waals surface area contributed by atoms with Gasteiger partial charge in [0.15, 0.2) is 6.20 Å². The molecule has 0 saturated carbocycles. The standard InChI is InChI=1S/C16H10Cl2N2O/c17-13-7-3-1-5-11(13)15-16(20(21)10-9-19-15)12-6-2-4-8-14(12)18/h1-10H. The second-order valence-electron chi connectivity index (χ2n) is 4.41. The van der Waals surface area contributed by atoms with Crippen LogP contribution in [-0.2, 0) is 0 Å². The first kappa shape index (κ1) is 13.9. The summed E-state index contributed by atoms with van der Waals surface area (Å²) in [4.78, 5) is 4.32. The fraction of sp³-hybridized carbons (Fsp3) is 0. The molecule has 0 spiro atoms. The maximum Gasteiger partial charge on any atom is 0.251 e. The average Bonchev–Trinajstić information content (AvgIpc) is 2.49. The van der Waals surface area contributed by atoms with Crippen molar-refractivity contribution in [1.29, 1.82) is 0 Å². The van der Waals surface area contributed by atoms with E-state index in [0.29, 0.717) is 32.6 Å². The molecule has 2 aromatic carbocycles. The molecule has 1 heterocycles. The van der Waals surface area contributed by atoms with Gasteiger partial charge >= 0.3 is 0 Å². The minimum absolute atomic E-state index is 0.385. The van der Waals surface area contributed by atoms with E-state index in [0.717, 1.165) is 4.73 Å². The predicted molar refractivity (Wildman–Crippen MR) is 84.1 cm³/mol. The van der Waals surface area contributed by atoms with Crippen LogP contribution in [0.2, 0.25) is 10.0 Å². The Hall–Kier alpha value is -2.10. The van der Waals surface area contributed by atoms with Crippen LogP contribution in [0.15, 0.2) is 60.9 Å². The highest BCUT2D eigenvalue weighted by molar-refractivity contribution is 6.34. The second kappa shape index (κ2) is 5.72. The topological polar surface area (TPSA) is 39.8 Å². The minimum atomic E-state index is 0.385. The number of aromatic nitrogens is 2. The smallest absolute Gasteiger partial charge is 0.251 e. The lowest BCUT2D eigenvalue weighted by Crippen LogP contribution is -2.29. The van der Waals surface area contributed by atoms with Gasteiger partial charge in [0.1, 0.15) is 5.69 Å². The molecule has 3 nitrogen and oxygen atoms in total. The summed E-state index contributed by atoms with van der Waals surface area (Å²) < 4.78 is 0.757. The Kier molecular flexibility index (Phi) is 3.78. The summed E-state index contributed by atoms with van der Waals surface area (Å²) in [6.07, 6.45) is 2.80. The monoisotopic (exact) mass is 316 g/mol. The minimum Gasteiger partial charge on any atom is -0.618 e. The maximum atomic E-state index is 12.3. The van der Waals surface area contributed by atoms with Crippen LogP contribution in [0.4, 0.5) is 0 Å². The van der Waals surface area contributed by atoms with Crippen molar-refractivity contribution in [2.75, 3.05) is 0 Å². The zero-order valence-corrected chi connectivity index (χ0v) is 12.3. The summed E-state index contributed by atoms with van der Waals surface area (Å²) in [5.74, 6) is 0. The average molecular weight is 317 g/mol. The van der Waals surface area contributed by atoms with E-state index in [4.69, 9.17) is 23.2 Å². The summed E-state index contributed by atoms with van der Waals surface area (Å²) in [6.45, 7) is 0. The van der Waals surface area contributed by atoms with E-state index in [1.807, 2.05) is 30.3 Å². The van der Waals surface area contributed by atoms with Gasteiger partial charge in [-0.1, -0.05) is 53.5 Å². The van der Waals surface area contributed by atoms with Gasteiger partial charge in [-0.2, -0.15) is 4.73 Å². The molecule has 0 atom stereocenters. The lowest BCUT2D eigenvalue weighted by Gasteiger charge is -2.11. The molecule has 0 amide bonds. The van der Waals surface area contributed by atoms with E-state index in [2.05, 4.69) is 4.98 Å². The summed E-state index contributed by atoms with van der Waals surface area (Å²) in [7, 11) is 0. The largest absolute Gasteiger partial charge is 0.618 e. The second-order valence-corrected chi connectivity index (χ2v) is 5.22. The molecule has 5 heteroatoms. The van der Waals surface area contributed by atoms with Crippen molar-refractivity contribution in [1.82, 2.24) is 4.98 Å². The highest BCUT2D eigenvalue weighted by Gasteiger charge is 2.21. The number of hydrogen-bond acceptors (Lipinski definition) is 2. The van der Waals surface area contributed by atoms with Gasteiger partial charge < -0.3 is 5.21 Å². The van der Waals surface area contributed by atoms with Crippen molar-refractivity contribution < 1.29 is 4.73 Å². The normalized spacial score (nSPS) is 10.6. The van der Waals surface area contributed by atoms with Crippen LogP contribution in [0.3, 0.4) is 0 Å². The third-order valence-electron chi connectivity index (χ3n) is 3.11. The molecule has 104 valence electrons. The zero-order chi connectivity index (χ0) is 14.8. The van der Waals surface area contributed by atoms with Gasteiger partial charge in [0, 0.05) is 5.56 Å². The molecule has 21 heavy (non-hydrogen) atoms. The number of rotatable bonds is 2. The van der Waals surface area contributed by atoms with Gasteiger partial charge in [0.05, 0.1) is 21.8 Å². The molecule has 1 aromatic heterocycles. The summed E-state index contributed by atoms with van der Waals surface area (Å²) in [5, 5.41) is 13.3. The van der Waals surface area contributed by atoms with Gasteiger partial charge in [-0.15, -0.1) is 0 Å². The zero-order valence-electron chi connectivity index (χ0n) is 10.8. The summed E-state index contributed by atoms with van der Waals surface area (Å²) in [5.41, 5.74) is 2.21. The van der Waals surface area contributed by atoms with E-state index in [1.165, 1.54) is 12.4 Å². The van der Waals surface area contributed by atoms with Gasteiger partial charge in [-0.05, 0) is 18.2 Å². The number of nitrogens with zero attached hydrogens (tertiary/aromatic N) is 2. The first-order valence-corrected chi connectivity index (χ1v) is 7.02. The van der Waals surface area contributed by atoms with Crippen LogP contribution in [0, 0.1) is 5.21 Å². The van der Waals surface area contributed by atoms with Crippen LogP contribution in [0.1, 0.15) is 0 Å². The van der Waals surface area contributed by atoms with E-state index in [1.54, 1.807) is 18.2 Å². The Morgan fingerprint density at radius 3 is 2.05 bits per heavy atom. The Balaban J connectivity index is 2.32. The highest BCUT2D eigenvalue weighted by atomic mass is 35.5. The molecule has 0 saturated heterocycles. The number of halogens is 2. The van der Waals surface area contributed by atoms with Crippen molar-refractivity contribution in [2.24, 2.45) is 0 Å². The molecule has 0 N–H and O–H groups in total. The van der Waals surface area contributed by atoms with Crippen molar-refractivity contribution in [3.63, 3.8) is 0 Å². The van der Waals surface area contributed by atoms with Crippen LogP contribution in [0.5, 0.6) is 0 Å². The molecular formula is C16H10Cl2N2O. The molecule has 0 aliphatic carbocycles. The molecule has 0 fully saturated rings. The molecule has 3 rings (SSSR count). The molecule has 3 aromatic rings. The Morgan fingerprint density at radius 2 is 1.43 bits per heavy atom. The third kappa shape index (κ3) is 2.58. The molecule has 0 aliphatic heterocycles. The van der Waals surface area contributed by atoms with Crippen molar-refractivity contribution >= 4 is 23.2 Å². The fourth-order valence-electron chi connectivity index (χ4n) is 2.16. The molecule has 0 radical (unpaired) electrons. The van der Waals surface area contributed by atoms with Gasteiger partial charge in [-0.3, -0.25) is 0 Å². The van der Waals surface area contributed by atoms with Gasteiger partial charge in [-0.25, -0.2) is 4.98 Å². The first-order chi connectivity index (χ1) is 10.2. The van der Waals surface area contributed by atoms with Crippen molar-refractivity contribution in [3.8, 4) is 22.5 Å². The Bertz CT molecular complexity index is 806.